The van der Waals surface area contributed by atoms with Crippen LogP contribution in [-0.4, -0.2) is 10.8 Å². The lowest BCUT2D eigenvalue weighted by Gasteiger charge is -1.88. The van der Waals surface area contributed by atoms with Gasteiger partial charge in [0, 0.05) is 21.6 Å². The normalized spacial score (nSPS) is 11.3. The molecule has 0 aliphatic rings. The molecule has 2 rings (SSSR count). The molecule has 76 valence electrons. The van der Waals surface area contributed by atoms with Crippen molar-refractivity contribution in [3.05, 3.63) is 41.1 Å². The maximum Gasteiger partial charge on any atom is 0.152 e. The SMILES string of the molecule is CC(=O)/C=C/c1cc2cc(Cl)ccc2[nH]1. The molecule has 1 aromatic carbocycles. The minimum Gasteiger partial charge on any atom is -0.355 e. The van der Waals surface area contributed by atoms with Crippen LogP contribution in [0.2, 0.25) is 5.02 Å². The van der Waals surface area contributed by atoms with Crippen molar-refractivity contribution < 1.29 is 4.79 Å². The molecule has 15 heavy (non-hydrogen) atoms. The first-order chi connectivity index (χ1) is 7.15. The van der Waals surface area contributed by atoms with Crippen molar-refractivity contribution in [1.29, 1.82) is 0 Å². The molecule has 0 spiro atoms. The summed E-state index contributed by atoms with van der Waals surface area (Å²) in [5, 5.41) is 1.76. The monoisotopic (exact) mass is 219 g/mol. The molecule has 2 nitrogen and oxygen atoms in total. The van der Waals surface area contributed by atoms with Gasteiger partial charge in [-0.1, -0.05) is 11.6 Å². The highest BCUT2D eigenvalue weighted by Gasteiger charge is 1.98. The van der Waals surface area contributed by atoms with Crippen molar-refractivity contribution in [1.82, 2.24) is 4.98 Å². The topological polar surface area (TPSA) is 32.9 Å². The van der Waals surface area contributed by atoms with Crippen LogP contribution in [0.1, 0.15) is 12.6 Å². The summed E-state index contributed by atoms with van der Waals surface area (Å²) in [7, 11) is 0. The summed E-state index contributed by atoms with van der Waals surface area (Å²) in [5.41, 5.74) is 1.92. The molecule has 0 unspecified atom stereocenters. The van der Waals surface area contributed by atoms with Crippen LogP contribution in [0.25, 0.3) is 17.0 Å². The van der Waals surface area contributed by atoms with Gasteiger partial charge in [0.25, 0.3) is 0 Å². The van der Waals surface area contributed by atoms with Gasteiger partial charge >= 0.3 is 0 Å². The fourth-order valence-corrected chi connectivity index (χ4v) is 1.60. The van der Waals surface area contributed by atoms with Crippen LogP contribution >= 0.6 is 11.6 Å². The minimum atomic E-state index is 0.0340. The molecule has 0 amide bonds. The fraction of sp³-hybridized carbons (Fsp3) is 0.0833. The molecule has 0 saturated carbocycles. The second-order valence-electron chi connectivity index (χ2n) is 3.40. The number of H-pyrrole nitrogens is 1. The Kier molecular flexibility index (Phi) is 2.60. The van der Waals surface area contributed by atoms with E-state index < -0.39 is 0 Å². The number of carbonyl (C=O) groups excluding carboxylic acids is 1. The van der Waals surface area contributed by atoms with E-state index in [-0.39, 0.29) is 5.78 Å². The lowest BCUT2D eigenvalue weighted by Crippen LogP contribution is -1.79. The highest BCUT2D eigenvalue weighted by molar-refractivity contribution is 6.31. The zero-order chi connectivity index (χ0) is 10.8. The van der Waals surface area contributed by atoms with Crippen molar-refractivity contribution in [3.8, 4) is 0 Å². The van der Waals surface area contributed by atoms with Gasteiger partial charge in [-0.15, -0.1) is 0 Å². The summed E-state index contributed by atoms with van der Waals surface area (Å²) in [5.74, 6) is 0.0340. The van der Waals surface area contributed by atoms with E-state index in [0.717, 1.165) is 16.6 Å². The molecule has 0 radical (unpaired) electrons. The number of halogens is 1. The second kappa shape index (κ2) is 3.91. The Morgan fingerprint density at radius 2 is 2.20 bits per heavy atom. The van der Waals surface area contributed by atoms with Gasteiger partial charge < -0.3 is 4.98 Å². The summed E-state index contributed by atoms with van der Waals surface area (Å²) in [6, 6.07) is 7.60. The molecule has 0 bridgehead atoms. The van der Waals surface area contributed by atoms with E-state index in [1.165, 1.54) is 13.0 Å². The van der Waals surface area contributed by atoms with Gasteiger partial charge in [0.2, 0.25) is 0 Å². The predicted molar refractivity (Wildman–Crippen MR) is 63.0 cm³/mol. The third kappa shape index (κ3) is 2.28. The molecule has 1 heterocycles. The largest absolute Gasteiger partial charge is 0.355 e. The third-order valence-electron chi connectivity index (χ3n) is 2.10. The average molecular weight is 220 g/mol. The number of aromatic amines is 1. The van der Waals surface area contributed by atoms with Gasteiger partial charge in [-0.2, -0.15) is 0 Å². The smallest absolute Gasteiger partial charge is 0.152 e. The van der Waals surface area contributed by atoms with E-state index in [1.54, 1.807) is 6.08 Å². The number of hydrogen-bond donors (Lipinski definition) is 1. The highest BCUT2D eigenvalue weighted by atomic mass is 35.5. The van der Waals surface area contributed by atoms with Crippen molar-refractivity contribution in [2.45, 2.75) is 6.92 Å². The Balaban J connectivity index is 2.43. The Morgan fingerprint density at radius 1 is 1.40 bits per heavy atom. The predicted octanol–water partition coefficient (Wildman–Crippen LogP) is 3.42. The lowest BCUT2D eigenvalue weighted by molar-refractivity contribution is -0.112. The van der Waals surface area contributed by atoms with Crippen molar-refractivity contribution in [2.24, 2.45) is 0 Å². The van der Waals surface area contributed by atoms with E-state index in [0.29, 0.717) is 5.02 Å². The Hall–Kier alpha value is -1.54. The standard InChI is InChI=1S/C12H10ClNO/c1-8(15)2-4-11-7-9-6-10(13)3-5-12(9)14-11/h2-7,14H,1H3/b4-2+. The zero-order valence-electron chi connectivity index (χ0n) is 8.25. The van der Waals surface area contributed by atoms with Gasteiger partial charge in [0.1, 0.15) is 0 Å². The molecular formula is C12H10ClNO. The number of benzene rings is 1. The van der Waals surface area contributed by atoms with Crippen LogP contribution in [0.5, 0.6) is 0 Å². The Morgan fingerprint density at radius 3 is 2.93 bits per heavy atom. The molecule has 0 aliphatic heterocycles. The number of allylic oxidation sites excluding steroid dienone is 1. The van der Waals surface area contributed by atoms with E-state index in [4.69, 9.17) is 11.6 Å². The molecule has 2 aromatic rings. The zero-order valence-corrected chi connectivity index (χ0v) is 9.01. The van der Waals surface area contributed by atoms with Crippen LogP contribution in [0.15, 0.2) is 30.3 Å². The van der Waals surface area contributed by atoms with Gasteiger partial charge in [0.15, 0.2) is 5.78 Å². The summed E-state index contributed by atoms with van der Waals surface area (Å²) in [6.07, 6.45) is 3.29. The van der Waals surface area contributed by atoms with E-state index in [2.05, 4.69) is 4.98 Å². The molecule has 0 saturated heterocycles. The Labute approximate surface area is 92.6 Å². The molecule has 0 fully saturated rings. The highest BCUT2D eigenvalue weighted by Crippen LogP contribution is 2.20. The van der Waals surface area contributed by atoms with Crippen LogP contribution in [0.3, 0.4) is 0 Å². The van der Waals surface area contributed by atoms with Gasteiger partial charge in [0.05, 0.1) is 0 Å². The molecule has 1 aromatic heterocycles. The number of nitrogens with one attached hydrogen (secondary N) is 1. The van der Waals surface area contributed by atoms with Crippen LogP contribution in [0.4, 0.5) is 0 Å². The lowest BCUT2D eigenvalue weighted by atomic mass is 10.2. The maximum absolute atomic E-state index is 10.8. The average Bonchev–Trinajstić information content (AvgIpc) is 2.56. The molecular weight excluding hydrogens is 210 g/mol. The Bertz CT molecular complexity index is 540. The second-order valence-corrected chi connectivity index (χ2v) is 3.84. The first-order valence-corrected chi connectivity index (χ1v) is 5.00. The van der Waals surface area contributed by atoms with Crippen molar-refractivity contribution in [3.63, 3.8) is 0 Å². The van der Waals surface area contributed by atoms with Crippen molar-refractivity contribution in [2.75, 3.05) is 0 Å². The molecule has 3 heteroatoms. The summed E-state index contributed by atoms with van der Waals surface area (Å²) in [6.45, 7) is 1.52. The fourth-order valence-electron chi connectivity index (χ4n) is 1.42. The molecule has 0 aliphatic carbocycles. The third-order valence-corrected chi connectivity index (χ3v) is 2.34. The van der Waals surface area contributed by atoms with Crippen LogP contribution < -0.4 is 0 Å². The quantitative estimate of drug-likeness (QED) is 0.772. The van der Waals surface area contributed by atoms with Crippen LogP contribution in [-0.2, 0) is 4.79 Å². The first-order valence-electron chi connectivity index (χ1n) is 4.62. The number of fused-ring (bicyclic) bond motifs is 1. The van der Waals surface area contributed by atoms with E-state index in [9.17, 15) is 4.79 Å². The van der Waals surface area contributed by atoms with Gasteiger partial charge in [-0.3, -0.25) is 4.79 Å². The van der Waals surface area contributed by atoms with Crippen molar-refractivity contribution >= 4 is 34.4 Å². The number of aromatic nitrogens is 1. The van der Waals surface area contributed by atoms with Gasteiger partial charge in [-0.25, -0.2) is 0 Å². The number of ketones is 1. The summed E-state index contributed by atoms with van der Waals surface area (Å²) >= 11 is 5.87. The minimum absolute atomic E-state index is 0.0340. The van der Waals surface area contributed by atoms with Crippen LogP contribution in [0, 0.1) is 0 Å². The maximum atomic E-state index is 10.8. The number of hydrogen-bond acceptors (Lipinski definition) is 1. The van der Waals surface area contributed by atoms with E-state index in [1.807, 2.05) is 24.3 Å². The van der Waals surface area contributed by atoms with Gasteiger partial charge in [-0.05, 0) is 43.3 Å². The number of rotatable bonds is 2. The number of carbonyl (C=O) groups is 1. The molecule has 1 N–H and O–H groups in total. The van der Waals surface area contributed by atoms with E-state index >= 15 is 0 Å². The first kappa shape index (κ1) is 9.99. The summed E-state index contributed by atoms with van der Waals surface area (Å²) < 4.78 is 0. The summed E-state index contributed by atoms with van der Waals surface area (Å²) in [4.78, 5) is 13.9. The molecule has 0 atom stereocenters.